The Morgan fingerprint density at radius 1 is 1.24 bits per heavy atom. The van der Waals surface area contributed by atoms with E-state index in [4.69, 9.17) is 14.6 Å². The lowest BCUT2D eigenvalue weighted by Crippen LogP contribution is -2.48. The van der Waals surface area contributed by atoms with Crippen LogP contribution in [-0.2, 0) is 14.3 Å². The van der Waals surface area contributed by atoms with E-state index in [-0.39, 0.29) is 18.2 Å². The van der Waals surface area contributed by atoms with E-state index in [1.54, 1.807) is 0 Å². The fraction of sp³-hybridized carbons (Fsp3) is 0.846. The maximum Gasteiger partial charge on any atom is 0.332 e. The number of aliphatic carboxylic acids is 1. The van der Waals surface area contributed by atoms with Crippen LogP contribution in [0.1, 0.15) is 12.8 Å². The lowest BCUT2D eigenvalue weighted by atomic mass is 10.2. The molecule has 0 aliphatic carbocycles. The van der Waals surface area contributed by atoms with Crippen LogP contribution >= 0.6 is 0 Å². The van der Waals surface area contributed by atoms with Crippen molar-refractivity contribution in [2.45, 2.75) is 31.2 Å². The van der Waals surface area contributed by atoms with Crippen molar-refractivity contribution in [2.75, 3.05) is 39.8 Å². The molecule has 2 heterocycles. The van der Waals surface area contributed by atoms with Crippen molar-refractivity contribution in [3.05, 3.63) is 0 Å². The van der Waals surface area contributed by atoms with Gasteiger partial charge in [0.2, 0.25) is 0 Å². The Morgan fingerprint density at radius 3 is 2.57 bits per heavy atom. The maximum absolute atomic E-state index is 11.7. The van der Waals surface area contributed by atoms with E-state index in [1.165, 1.54) is 0 Å². The number of nitrogens with zero attached hydrogens (tertiary/aromatic N) is 1. The molecule has 2 rings (SSSR count). The molecule has 8 heteroatoms. The molecular weight excluding hydrogens is 278 g/mol. The molecule has 0 radical (unpaired) electrons. The predicted octanol–water partition coefficient (Wildman–Crippen LogP) is -0.752. The van der Waals surface area contributed by atoms with Crippen LogP contribution in [0.5, 0.6) is 0 Å². The van der Waals surface area contributed by atoms with Gasteiger partial charge in [0.05, 0.1) is 18.8 Å². The highest BCUT2D eigenvalue weighted by Gasteiger charge is 2.30. The van der Waals surface area contributed by atoms with Gasteiger partial charge in [0.15, 0.2) is 6.10 Å². The number of urea groups is 1. The second-order valence-electron chi connectivity index (χ2n) is 5.51. The zero-order valence-electron chi connectivity index (χ0n) is 12.2. The molecule has 2 saturated heterocycles. The van der Waals surface area contributed by atoms with Crippen molar-refractivity contribution in [1.29, 1.82) is 0 Å². The highest BCUT2D eigenvalue weighted by atomic mass is 16.5. The number of rotatable bonds is 5. The van der Waals surface area contributed by atoms with Crippen LogP contribution in [-0.4, -0.2) is 80.2 Å². The molecular formula is C13H23N3O5. The van der Waals surface area contributed by atoms with Crippen LogP contribution in [0, 0.1) is 0 Å². The summed E-state index contributed by atoms with van der Waals surface area (Å²) in [5, 5.41) is 14.3. The number of hydrogen-bond acceptors (Lipinski definition) is 5. The largest absolute Gasteiger partial charge is 0.479 e. The molecule has 3 atom stereocenters. The van der Waals surface area contributed by atoms with Gasteiger partial charge in [-0.25, -0.2) is 9.59 Å². The zero-order valence-corrected chi connectivity index (χ0v) is 12.2. The number of nitrogens with one attached hydrogen (secondary N) is 2. The number of ether oxygens (including phenoxy) is 2. The first-order valence-electron chi connectivity index (χ1n) is 7.24. The van der Waals surface area contributed by atoms with Crippen LogP contribution in [0.4, 0.5) is 4.79 Å². The third-order valence-electron chi connectivity index (χ3n) is 3.71. The fourth-order valence-electron chi connectivity index (χ4n) is 2.50. The van der Waals surface area contributed by atoms with Gasteiger partial charge >= 0.3 is 12.0 Å². The SMILES string of the molecule is CN1CCOC(CNC(=O)NCC2CCC(C(=O)O)O2)C1. The van der Waals surface area contributed by atoms with Crippen molar-refractivity contribution in [1.82, 2.24) is 15.5 Å². The molecule has 0 bridgehead atoms. The second-order valence-corrected chi connectivity index (χ2v) is 5.51. The first kappa shape index (κ1) is 16.0. The average molecular weight is 301 g/mol. The molecule has 3 unspecified atom stereocenters. The Labute approximate surface area is 123 Å². The van der Waals surface area contributed by atoms with Crippen molar-refractivity contribution < 1.29 is 24.2 Å². The molecule has 8 nitrogen and oxygen atoms in total. The summed E-state index contributed by atoms with van der Waals surface area (Å²) in [4.78, 5) is 24.6. The minimum Gasteiger partial charge on any atom is -0.479 e. The number of morpholine rings is 1. The van der Waals surface area contributed by atoms with Crippen molar-refractivity contribution in [3.63, 3.8) is 0 Å². The summed E-state index contributed by atoms with van der Waals surface area (Å²) in [7, 11) is 2.02. The minimum absolute atomic E-state index is 0.00798. The first-order chi connectivity index (χ1) is 10.0. The first-order valence-corrected chi connectivity index (χ1v) is 7.24. The monoisotopic (exact) mass is 301 g/mol. The smallest absolute Gasteiger partial charge is 0.332 e. The molecule has 2 aliphatic rings. The lowest BCUT2D eigenvalue weighted by Gasteiger charge is -2.30. The van der Waals surface area contributed by atoms with Crippen molar-refractivity contribution in [3.8, 4) is 0 Å². The molecule has 0 saturated carbocycles. The number of carbonyl (C=O) groups is 2. The molecule has 21 heavy (non-hydrogen) atoms. The van der Waals surface area contributed by atoms with Gasteiger partial charge in [0.25, 0.3) is 0 Å². The van der Waals surface area contributed by atoms with Crippen LogP contribution in [0.3, 0.4) is 0 Å². The van der Waals surface area contributed by atoms with E-state index >= 15 is 0 Å². The van der Waals surface area contributed by atoms with Gasteiger partial charge in [-0.1, -0.05) is 0 Å². The van der Waals surface area contributed by atoms with Gasteiger partial charge in [0.1, 0.15) is 0 Å². The molecule has 2 aliphatic heterocycles. The zero-order chi connectivity index (χ0) is 15.2. The van der Waals surface area contributed by atoms with E-state index in [0.717, 1.165) is 13.1 Å². The van der Waals surface area contributed by atoms with Gasteiger partial charge in [-0.3, -0.25) is 0 Å². The number of carboxylic acid groups (broad SMARTS) is 1. The van der Waals surface area contributed by atoms with Crippen LogP contribution in [0.2, 0.25) is 0 Å². The van der Waals surface area contributed by atoms with Gasteiger partial charge in [-0.05, 0) is 19.9 Å². The quantitative estimate of drug-likeness (QED) is 0.618. The minimum atomic E-state index is -0.944. The third kappa shape index (κ3) is 5.14. The third-order valence-corrected chi connectivity index (χ3v) is 3.71. The molecule has 0 aromatic carbocycles. The molecule has 120 valence electrons. The van der Waals surface area contributed by atoms with Gasteiger partial charge in [-0.2, -0.15) is 0 Å². The van der Waals surface area contributed by atoms with E-state index < -0.39 is 12.1 Å². The fourth-order valence-corrected chi connectivity index (χ4v) is 2.50. The highest BCUT2D eigenvalue weighted by molar-refractivity contribution is 5.74. The van der Waals surface area contributed by atoms with E-state index in [9.17, 15) is 9.59 Å². The normalized spacial score (nSPS) is 30.0. The molecule has 0 spiro atoms. The van der Waals surface area contributed by atoms with Crippen LogP contribution in [0.15, 0.2) is 0 Å². The average Bonchev–Trinajstić information content (AvgIpc) is 2.92. The number of likely N-dealkylation sites (N-methyl/N-ethyl adjacent to an activating group) is 1. The summed E-state index contributed by atoms with van der Waals surface area (Å²) in [5.41, 5.74) is 0. The van der Waals surface area contributed by atoms with Gasteiger partial charge in [0, 0.05) is 26.2 Å². The summed E-state index contributed by atoms with van der Waals surface area (Å²) < 4.78 is 10.9. The molecule has 0 aromatic rings. The standard InChI is InChI=1S/C13H23N3O5/c1-16-4-5-20-10(8-16)7-15-13(19)14-6-9-2-3-11(21-9)12(17)18/h9-11H,2-8H2,1H3,(H,17,18)(H2,14,15,19). The Hall–Kier alpha value is -1.38. The van der Waals surface area contributed by atoms with Gasteiger partial charge in [-0.15, -0.1) is 0 Å². The summed E-state index contributed by atoms with van der Waals surface area (Å²) in [6.45, 7) is 3.16. The van der Waals surface area contributed by atoms with E-state index in [0.29, 0.717) is 32.5 Å². The lowest BCUT2D eigenvalue weighted by molar-refractivity contribution is -0.149. The topological polar surface area (TPSA) is 100 Å². The Kier molecular flexibility index (Phi) is 5.77. The number of hydrogen-bond donors (Lipinski definition) is 3. The van der Waals surface area contributed by atoms with E-state index in [1.807, 2.05) is 7.05 Å². The highest BCUT2D eigenvalue weighted by Crippen LogP contribution is 2.19. The summed E-state index contributed by atoms with van der Waals surface area (Å²) in [6.07, 6.45) is 0.174. The van der Waals surface area contributed by atoms with Crippen LogP contribution in [0.25, 0.3) is 0 Å². The second kappa shape index (κ2) is 7.58. The Balaban J connectivity index is 1.58. The molecule has 2 fully saturated rings. The van der Waals surface area contributed by atoms with Crippen LogP contribution < -0.4 is 10.6 Å². The Bertz CT molecular complexity index is 379. The molecule has 3 N–H and O–H groups in total. The number of carboxylic acids is 1. The number of carbonyl (C=O) groups excluding carboxylic acids is 1. The maximum atomic E-state index is 11.7. The summed E-state index contributed by atoms with van der Waals surface area (Å²) >= 11 is 0. The predicted molar refractivity (Wildman–Crippen MR) is 74.2 cm³/mol. The summed E-state index contributed by atoms with van der Waals surface area (Å²) in [6, 6.07) is -0.283. The van der Waals surface area contributed by atoms with Crippen molar-refractivity contribution >= 4 is 12.0 Å². The molecule has 2 amide bonds. The summed E-state index contributed by atoms with van der Waals surface area (Å²) in [5.74, 6) is -0.944. The Morgan fingerprint density at radius 2 is 1.95 bits per heavy atom. The number of amides is 2. The molecule has 0 aromatic heterocycles. The van der Waals surface area contributed by atoms with Gasteiger partial charge < -0.3 is 30.1 Å². The van der Waals surface area contributed by atoms with E-state index in [2.05, 4.69) is 15.5 Å². The van der Waals surface area contributed by atoms with Crippen molar-refractivity contribution in [2.24, 2.45) is 0 Å².